The molecule has 0 aliphatic heterocycles. The predicted octanol–water partition coefficient (Wildman–Crippen LogP) is 1.66. The minimum atomic E-state index is -0.294. The van der Waals surface area contributed by atoms with Crippen LogP contribution in [0.3, 0.4) is 0 Å². The number of rotatable bonds is 6. The first-order chi connectivity index (χ1) is 6.26. The summed E-state index contributed by atoms with van der Waals surface area (Å²) in [6, 6.07) is 0. The van der Waals surface area contributed by atoms with Crippen LogP contribution in [0.5, 0.6) is 0 Å². The molecule has 0 aromatic carbocycles. The van der Waals surface area contributed by atoms with Crippen molar-refractivity contribution in [3.63, 3.8) is 0 Å². The summed E-state index contributed by atoms with van der Waals surface area (Å²) in [7, 11) is 0. The van der Waals surface area contributed by atoms with E-state index in [2.05, 4.69) is 0 Å². The second-order valence-corrected chi connectivity index (χ2v) is 2.75. The number of hydrogen-bond donors (Lipinski definition) is 1. The third kappa shape index (κ3) is 5.42. The summed E-state index contributed by atoms with van der Waals surface area (Å²) in [5.41, 5.74) is 0.721. The number of esters is 1. The zero-order chi connectivity index (χ0) is 10.1. The van der Waals surface area contributed by atoms with Gasteiger partial charge < -0.3 is 9.84 Å². The molecule has 0 saturated carbocycles. The van der Waals surface area contributed by atoms with E-state index >= 15 is 0 Å². The van der Waals surface area contributed by atoms with Gasteiger partial charge in [-0.3, -0.25) is 0 Å². The van der Waals surface area contributed by atoms with Gasteiger partial charge in [0.1, 0.15) is 6.61 Å². The minimum Gasteiger partial charge on any atom is -0.460 e. The molecular formula is C10H18O3. The normalized spacial score (nSPS) is 11.5. The Bertz CT molecular complexity index is 173. The molecule has 0 aliphatic rings. The Balaban J connectivity index is 4.04. The van der Waals surface area contributed by atoms with E-state index in [1.807, 2.05) is 19.9 Å². The van der Waals surface area contributed by atoms with Crippen molar-refractivity contribution in [2.45, 2.75) is 33.1 Å². The van der Waals surface area contributed by atoms with Crippen LogP contribution >= 0.6 is 0 Å². The largest absolute Gasteiger partial charge is 0.460 e. The van der Waals surface area contributed by atoms with Crippen molar-refractivity contribution in [2.24, 2.45) is 0 Å². The summed E-state index contributed by atoms with van der Waals surface area (Å²) >= 11 is 0. The Morgan fingerprint density at radius 1 is 1.46 bits per heavy atom. The maximum atomic E-state index is 11.3. The SMILES string of the molecule is CCC=C(CCC)C(=O)OCCO. The number of hydrogen-bond acceptors (Lipinski definition) is 3. The molecule has 0 aromatic rings. The quantitative estimate of drug-likeness (QED) is 0.507. The van der Waals surface area contributed by atoms with Crippen LogP contribution in [0.1, 0.15) is 33.1 Å². The lowest BCUT2D eigenvalue weighted by molar-refractivity contribution is -0.140. The minimum absolute atomic E-state index is 0.0869. The molecule has 0 saturated heterocycles. The van der Waals surface area contributed by atoms with Gasteiger partial charge in [0.05, 0.1) is 6.61 Å². The van der Waals surface area contributed by atoms with Crippen LogP contribution in [0.15, 0.2) is 11.6 Å². The monoisotopic (exact) mass is 186 g/mol. The summed E-state index contributed by atoms with van der Waals surface area (Å²) in [6.45, 7) is 3.97. The van der Waals surface area contributed by atoms with Gasteiger partial charge in [-0.1, -0.05) is 26.3 Å². The Morgan fingerprint density at radius 2 is 2.15 bits per heavy atom. The third-order valence-electron chi connectivity index (χ3n) is 1.56. The van der Waals surface area contributed by atoms with Gasteiger partial charge in [-0.05, 0) is 12.8 Å². The molecule has 0 heterocycles. The molecule has 0 spiro atoms. The van der Waals surface area contributed by atoms with Gasteiger partial charge >= 0.3 is 5.97 Å². The number of aliphatic hydroxyl groups is 1. The molecule has 76 valence electrons. The molecule has 0 bridgehead atoms. The van der Waals surface area contributed by atoms with E-state index in [0.29, 0.717) is 0 Å². The van der Waals surface area contributed by atoms with Crippen molar-refractivity contribution in [1.82, 2.24) is 0 Å². The summed E-state index contributed by atoms with van der Waals surface area (Å²) in [6.07, 6.45) is 4.39. The fraction of sp³-hybridized carbons (Fsp3) is 0.700. The van der Waals surface area contributed by atoms with E-state index in [1.165, 1.54) is 0 Å². The number of aliphatic hydroxyl groups excluding tert-OH is 1. The highest BCUT2D eigenvalue weighted by molar-refractivity contribution is 5.88. The average molecular weight is 186 g/mol. The molecule has 0 atom stereocenters. The van der Waals surface area contributed by atoms with Crippen LogP contribution < -0.4 is 0 Å². The summed E-state index contributed by atoms with van der Waals surface area (Å²) in [5, 5.41) is 8.46. The maximum absolute atomic E-state index is 11.3. The Morgan fingerprint density at radius 3 is 2.62 bits per heavy atom. The molecule has 13 heavy (non-hydrogen) atoms. The lowest BCUT2D eigenvalue weighted by Gasteiger charge is -2.05. The van der Waals surface area contributed by atoms with E-state index < -0.39 is 0 Å². The third-order valence-corrected chi connectivity index (χ3v) is 1.56. The van der Waals surface area contributed by atoms with Gasteiger partial charge in [0, 0.05) is 5.57 Å². The smallest absolute Gasteiger partial charge is 0.333 e. The van der Waals surface area contributed by atoms with Crippen LogP contribution in [0.25, 0.3) is 0 Å². The van der Waals surface area contributed by atoms with Crippen molar-refractivity contribution >= 4 is 5.97 Å². The second kappa shape index (κ2) is 7.80. The highest BCUT2D eigenvalue weighted by atomic mass is 16.5. The lowest BCUT2D eigenvalue weighted by Crippen LogP contribution is -2.11. The first-order valence-corrected chi connectivity index (χ1v) is 4.73. The molecule has 0 fully saturated rings. The van der Waals surface area contributed by atoms with Crippen molar-refractivity contribution in [3.8, 4) is 0 Å². The van der Waals surface area contributed by atoms with Crippen molar-refractivity contribution in [1.29, 1.82) is 0 Å². The van der Waals surface area contributed by atoms with Crippen LogP contribution in [0.2, 0.25) is 0 Å². The molecule has 0 amide bonds. The van der Waals surface area contributed by atoms with E-state index in [4.69, 9.17) is 9.84 Å². The zero-order valence-corrected chi connectivity index (χ0v) is 8.38. The van der Waals surface area contributed by atoms with Gasteiger partial charge in [0.15, 0.2) is 0 Å². The number of allylic oxidation sites excluding steroid dienone is 1. The molecule has 3 nitrogen and oxygen atoms in total. The zero-order valence-electron chi connectivity index (χ0n) is 8.38. The summed E-state index contributed by atoms with van der Waals surface area (Å²) in [5.74, 6) is -0.294. The van der Waals surface area contributed by atoms with Crippen molar-refractivity contribution in [3.05, 3.63) is 11.6 Å². The first-order valence-electron chi connectivity index (χ1n) is 4.73. The predicted molar refractivity (Wildman–Crippen MR) is 51.3 cm³/mol. The molecule has 0 aliphatic carbocycles. The van der Waals surface area contributed by atoms with Crippen LogP contribution in [0, 0.1) is 0 Å². The van der Waals surface area contributed by atoms with E-state index in [0.717, 1.165) is 24.8 Å². The Kier molecular flexibility index (Phi) is 7.30. The first kappa shape index (κ1) is 12.2. The topological polar surface area (TPSA) is 46.5 Å². The maximum Gasteiger partial charge on any atom is 0.333 e. The van der Waals surface area contributed by atoms with Crippen molar-refractivity contribution < 1.29 is 14.6 Å². The molecule has 0 unspecified atom stereocenters. The average Bonchev–Trinajstić information content (AvgIpc) is 2.14. The summed E-state index contributed by atoms with van der Waals surface area (Å²) in [4.78, 5) is 11.3. The van der Waals surface area contributed by atoms with E-state index in [-0.39, 0.29) is 19.2 Å². The van der Waals surface area contributed by atoms with Crippen molar-refractivity contribution in [2.75, 3.05) is 13.2 Å². The fourth-order valence-corrected chi connectivity index (χ4v) is 1.03. The number of carbonyl (C=O) groups is 1. The number of carbonyl (C=O) groups excluding carboxylic acids is 1. The second-order valence-electron chi connectivity index (χ2n) is 2.75. The van der Waals surface area contributed by atoms with Gasteiger partial charge in [-0.15, -0.1) is 0 Å². The van der Waals surface area contributed by atoms with Gasteiger partial charge in [0.25, 0.3) is 0 Å². The summed E-state index contributed by atoms with van der Waals surface area (Å²) < 4.78 is 4.80. The Labute approximate surface area is 79.4 Å². The van der Waals surface area contributed by atoms with Crippen LogP contribution in [-0.2, 0) is 9.53 Å². The molecular weight excluding hydrogens is 168 g/mol. The Hall–Kier alpha value is -0.830. The highest BCUT2D eigenvalue weighted by Gasteiger charge is 2.08. The molecule has 0 radical (unpaired) electrons. The highest BCUT2D eigenvalue weighted by Crippen LogP contribution is 2.08. The number of ether oxygens (including phenoxy) is 1. The lowest BCUT2D eigenvalue weighted by atomic mass is 10.1. The molecule has 0 rings (SSSR count). The van der Waals surface area contributed by atoms with Gasteiger partial charge in [0.2, 0.25) is 0 Å². The molecule has 3 heteroatoms. The van der Waals surface area contributed by atoms with E-state index in [9.17, 15) is 4.79 Å². The molecule has 0 aromatic heterocycles. The fourth-order valence-electron chi connectivity index (χ4n) is 1.03. The molecule has 1 N–H and O–H groups in total. The van der Waals surface area contributed by atoms with Gasteiger partial charge in [-0.2, -0.15) is 0 Å². The van der Waals surface area contributed by atoms with Crippen LogP contribution in [-0.4, -0.2) is 24.3 Å². The van der Waals surface area contributed by atoms with Crippen LogP contribution in [0.4, 0.5) is 0 Å². The van der Waals surface area contributed by atoms with E-state index in [1.54, 1.807) is 0 Å². The standard InChI is InChI=1S/C10H18O3/c1-3-5-9(6-4-2)10(12)13-8-7-11/h5,11H,3-4,6-8H2,1-2H3. The van der Waals surface area contributed by atoms with Gasteiger partial charge in [-0.25, -0.2) is 4.79 Å².